The van der Waals surface area contributed by atoms with Crippen LogP contribution in [0.1, 0.15) is 19.8 Å². The van der Waals surface area contributed by atoms with E-state index in [0.29, 0.717) is 0 Å². The standard InChI is InChI=1S/C14H21N/c1-14-10-7-5-3-4-6-8-12-15(2)13-9-11-14/h3-4,6,8-11H,5,7,12-13H2,1-2H3/b4-3-,8-6-,11-9?,14-10?. The summed E-state index contributed by atoms with van der Waals surface area (Å²) in [6.07, 6.45) is 17.7. The first-order valence-corrected chi connectivity index (χ1v) is 5.62. The second-order valence-electron chi connectivity index (χ2n) is 4.01. The lowest BCUT2D eigenvalue weighted by Crippen LogP contribution is -2.17. The summed E-state index contributed by atoms with van der Waals surface area (Å²) < 4.78 is 0. The topological polar surface area (TPSA) is 3.24 Å². The minimum atomic E-state index is 1.01. The molecule has 0 aliphatic carbocycles. The number of nitrogens with zero attached hydrogens (tertiary/aromatic N) is 1. The number of rotatable bonds is 0. The summed E-state index contributed by atoms with van der Waals surface area (Å²) in [6, 6.07) is 0. The van der Waals surface area contributed by atoms with Gasteiger partial charge < -0.3 is 0 Å². The van der Waals surface area contributed by atoms with E-state index in [9.17, 15) is 0 Å². The molecular weight excluding hydrogens is 182 g/mol. The quantitative estimate of drug-likeness (QED) is 0.583. The summed E-state index contributed by atoms with van der Waals surface area (Å²) in [7, 11) is 2.14. The van der Waals surface area contributed by atoms with Crippen LogP contribution in [0, 0.1) is 0 Å². The van der Waals surface area contributed by atoms with Crippen LogP contribution in [0.25, 0.3) is 0 Å². The fraction of sp³-hybridized carbons (Fsp3) is 0.429. The largest absolute Gasteiger partial charge is 0.299 e. The first-order chi connectivity index (χ1) is 7.29. The van der Waals surface area contributed by atoms with Gasteiger partial charge in [0.2, 0.25) is 0 Å². The fourth-order valence-corrected chi connectivity index (χ4v) is 1.46. The molecule has 1 rings (SSSR count). The minimum absolute atomic E-state index is 1.01. The Morgan fingerprint density at radius 3 is 2.60 bits per heavy atom. The Morgan fingerprint density at radius 2 is 1.73 bits per heavy atom. The lowest BCUT2D eigenvalue weighted by Gasteiger charge is -2.10. The van der Waals surface area contributed by atoms with Gasteiger partial charge in [0.1, 0.15) is 0 Å². The Morgan fingerprint density at radius 1 is 1.00 bits per heavy atom. The highest BCUT2D eigenvalue weighted by Crippen LogP contribution is 2.02. The molecule has 15 heavy (non-hydrogen) atoms. The molecule has 0 N–H and O–H groups in total. The van der Waals surface area contributed by atoms with Crippen LogP contribution in [-0.2, 0) is 0 Å². The summed E-state index contributed by atoms with van der Waals surface area (Å²) in [5.41, 5.74) is 1.36. The Balaban J connectivity index is 2.59. The zero-order valence-corrected chi connectivity index (χ0v) is 9.82. The molecule has 0 aromatic carbocycles. The second-order valence-corrected chi connectivity index (χ2v) is 4.01. The van der Waals surface area contributed by atoms with Gasteiger partial charge in [-0.2, -0.15) is 0 Å². The molecule has 1 heteroatoms. The first-order valence-electron chi connectivity index (χ1n) is 5.62. The van der Waals surface area contributed by atoms with Crippen LogP contribution in [-0.4, -0.2) is 25.0 Å². The summed E-state index contributed by atoms with van der Waals surface area (Å²) in [4.78, 5) is 2.28. The molecule has 1 nitrogen and oxygen atoms in total. The molecule has 0 saturated carbocycles. The molecule has 0 aromatic rings. The van der Waals surface area contributed by atoms with Gasteiger partial charge in [-0.25, -0.2) is 0 Å². The van der Waals surface area contributed by atoms with Gasteiger partial charge in [0.15, 0.2) is 0 Å². The summed E-state index contributed by atoms with van der Waals surface area (Å²) >= 11 is 0. The predicted octanol–water partition coefficient (Wildman–Crippen LogP) is 3.33. The zero-order valence-electron chi connectivity index (χ0n) is 9.82. The predicted molar refractivity (Wildman–Crippen MR) is 67.9 cm³/mol. The van der Waals surface area contributed by atoms with Crippen LogP contribution in [0.2, 0.25) is 0 Å². The lowest BCUT2D eigenvalue weighted by molar-refractivity contribution is 0.412. The van der Waals surface area contributed by atoms with E-state index < -0.39 is 0 Å². The van der Waals surface area contributed by atoms with Crippen molar-refractivity contribution in [3.05, 3.63) is 48.1 Å². The summed E-state index contributed by atoms with van der Waals surface area (Å²) in [5, 5.41) is 0. The monoisotopic (exact) mass is 203 g/mol. The van der Waals surface area contributed by atoms with E-state index in [2.05, 4.69) is 61.4 Å². The Kier molecular flexibility index (Phi) is 5.79. The molecule has 0 aromatic heterocycles. The Bertz CT molecular complexity index is 282. The normalized spacial score (nSPS) is 24.5. The van der Waals surface area contributed by atoms with Crippen molar-refractivity contribution >= 4 is 0 Å². The Hall–Kier alpha value is -1.08. The van der Waals surface area contributed by atoms with E-state index in [4.69, 9.17) is 0 Å². The van der Waals surface area contributed by atoms with E-state index >= 15 is 0 Å². The van der Waals surface area contributed by atoms with E-state index in [0.717, 1.165) is 25.9 Å². The van der Waals surface area contributed by atoms with Crippen molar-refractivity contribution in [2.45, 2.75) is 19.8 Å². The van der Waals surface area contributed by atoms with Gasteiger partial charge in [-0.1, -0.05) is 48.1 Å². The van der Waals surface area contributed by atoms with E-state index in [1.807, 2.05) is 0 Å². The molecule has 1 heterocycles. The highest BCUT2D eigenvalue weighted by atomic mass is 15.1. The average Bonchev–Trinajstić information content (AvgIpc) is 2.22. The van der Waals surface area contributed by atoms with Crippen molar-refractivity contribution in [1.82, 2.24) is 4.90 Å². The zero-order chi connectivity index (χ0) is 10.9. The first kappa shape index (κ1) is 12.0. The third-order valence-corrected chi connectivity index (χ3v) is 2.40. The van der Waals surface area contributed by atoms with Crippen LogP contribution >= 0.6 is 0 Å². The molecule has 82 valence electrons. The molecule has 0 spiro atoms. The van der Waals surface area contributed by atoms with Gasteiger partial charge in [0.25, 0.3) is 0 Å². The van der Waals surface area contributed by atoms with E-state index in [1.165, 1.54) is 5.57 Å². The number of likely N-dealkylation sites (N-methyl/N-ethyl adjacent to an activating group) is 1. The van der Waals surface area contributed by atoms with Crippen LogP contribution in [0.5, 0.6) is 0 Å². The van der Waals surface area contributed by atoms with Gasteiger partial charge in [-0.3, -0.25) is 4.90 Å². The van der Waals surface area contributed by atoms with Crippen molar-refractivity contribution in [3.63, 3.8) is 0 Å². The van der Waals surface area contributed by atoms with Gasteiger partial charge in [-0.05, 0) is 26.8 Å². The third kappa shape index (κ3) is 6.08. The molecule has 0 radical (unpaired) electrons. The fourth-order valence-electron chi connectivity index (χ4n) is 1.46. The highest BCUT2D eigenvalue weighted by Gasteiger charge is 1.90. The third-order valence-electron chi connectivity index (χ3n) is 2.40. The smallest absolute Gasteiger partial charge is 0.0166 e. The molecule has 0 saturated heterocycles. The molecule has 0 bridgehead atoms. The van der Waals surface area contributed by atoms with Crippen molar-refractivity contribution in [3.8, 4) is 0 Å². The van der Waals surface area contributed by atoms with Crippen LogP contribution in [0.4, 0.5) is 0 Å². The van der Waals surface area contributed by atoms with Crippen LogP contribution in [0.15, 0.2) is 48.1 Å². The molecular formula is C14H21N. The van der Waals surface area contributed by atoms with Crippen LogP contribution in [0.3, 0.4) is 0 Å². The molecule has 0 amide bonds. The van der Waals surface area contributed by atoms with Gasteiger partial charge in [0, 0.05) is 13.1 Å². The molecule has 0 unspecified atom stereocenters. The minimum Gasteiger partial charge on any atom is -0.299 e. The highest BCUT2D eigenvalue weighted by molar-refractivity contribution is 5.16. The summed E-state index contributed by atoms with van der Waals surface area (Å²) in [6.45, 7) is 4.19. The van der Waals surface area contributed by atoms with Gasteiger partial charge in [0.05, 0.1) is 0 Å². The summed E-state index contributed by atoms with van der Waals surface area (Å²) in [5.74, 6) is 0. The maximum atomic E-state index is 2.29. The number of hydrogen-bond acceptors (Lipinski definition) is 1. The number of allylic oxidation sites excluding steroid dienone is 6. The molecule has 1 aliphatic heterocycles. The molecule has 1 aliphatic rings. The van der Waals surface area contributed by atoms with E-state index in [-0.39, 0.29) is 0 Å². The van der Waals surface area contributed by atoms with Crippen molar-refractivity contribution < 1.29 is 0 Å². The van der Waals surface area contributed by atoms with Crippen molar-refractivity contribution in [2.75, 3.05) is 20.1 Å². The van der Waals surface area contributed by atoms with Gasteiger partial charge in [-0.15, -0.1) is 0 Å². The van der Waals surface area contributed by atoms with Crippen molar-refractivity contribution in [2.24, 2.45) is 0 Å². The average molecular weight is 203 g/mol. The molecule has 0 fully saturated rings. The Labute approximate surface area is 93.5 Å². The second kappa shape index (κ2) is 7.24. The SMILES string of the molecule is CC1=CCC/C=C\C=C/CN(C)CC=C1. The van der Waals surface area contributed by atoms with E-state index in [1.54, 1.807) is 0 Å². The van der Waals surface area contributed by atoms with Crippen LogP contribution < -0.4 is 0 Å². The van der Waals surface area contributed by atoms with Gasteiger partial charge >= 0.3 is 0 Å². The lowest BCUT2D eigenvalue weighted by atomic mass is 10.2. The van der Waals surface area contributed by atoms with Crippen molar-refractivity contribution in [1.29, 1.82) is 0 Å². The maximum absolute atomic E-state index is 2.29. The number of hydrogen-bond donors (Lipinski definition) is 0. The maximum Gasteiger partial charge on any atom is 0.0166 e. The molecule has 0 atom stereocenters.